The van der Waals surface area contributed by atoms with Gasteiger partial charge in [-0.25, -0.2) is 9.78 Å². The molecule has 118 valence electrons. The van der Waals surface area contributed by atoms with E-state index in [1.807, 2.05) is 11.1 Å². The van der Waals surface area contributed by atoms with Crippen LogP contribution in [0.15, 0.2) is 6.20 Å². The topological polar surface area (TPSA) is 44.6 Å². The van der Waals surface area contributed by atoms with Crippen molar-refractivity contribution in [2.75, 3.05) is 27.7 Å². The van der Waals surface area contributed by atoms with Crippen molar-refractivity contribution in [1.29, 1.82) is 0 Å². The van der Waals surface area contributed by atoms with Crippen molar-refractivity contribution in [3.05, 3.63) is 17.7 Å². The van der Waals surface area contributed by atoms with E-state index in [4.69, 9.17) is 0 Å². The summed E-state index contributed by atoms with van der Waals surface area (Å²) < 4.78 is 2.27. The van der Waals surface area contributed by atoms with Gasteiger partial charge >= 0.3 is 6.03 Å². The molecule has 2 rings (SSSR count). The molecular formula is C15H27N5O. The van der Waals surface area contributed by atoms with E-state index in [9.17, 15) is 4.79 Å². The number of carbonyl (C=O) groups excluding carboxylic acids is 1. The van der Waals surface area contributed by atoms with Crippen LogP contribution in [0.1, 0.15) is 38.3 Å². The zero-order valence-electron chi connectivity index (χ0n) is 14.0. The van der Waals surface area contributed by atoms with Gasteiger partial charge in [0.05, 0.1) is 11.7 Å². The van der Waals surface area contributed by atoms with Crippen LogP contribution in [0.25, 0.3) is 0 Å². The third-order valence-electron chi connectivity index (χ3n) is 4.30. The highest BCUT2D eigenvalue weighted by atomic mass is 16.2. The number of carbonyl (C=O) groups is 1. The summed E-state index contributed by atoms with van der Waals surface area (Å²) >= 11 is 0. The number of hydrogen-bond acceptors (Lipinski definition) is 3. The Morgan fingerprint density at radius 3 is 2.62 bits per heavy atom. The van der Waals surface area contributed by atoms with Gasteiger partial charge in [0.1, 0.15) is 5.82 Å². The maximum atomic E-state index is 12.2. The molecule has 2 heterocycles. The van der Waals surface area contributed by atoms with Crippen molar-refractivity contribution in [1.82, 2.24) is 24.3 Å². The zero-order chi connectivity index (χ0) is 15.7. The van der Waals surface area contributed by atoms with Gasteiger partial charge < -0.3 is 14.4 Å². The molecule has 0 saturated carbocycles. The number of fused-ring (bicyclic) bond motifs is 1. The predicted molar refractivity (Wildman–Crippen MR) is 83.0 cm³/mol. The van der Waals surface area contributed by atoms with E-state index >= 15 is 0 Å². The molecule has 0 aromatic carbocycles. The highest BCUT2D eigenvalue weighted by molar-refractivity contribution is 5.74. The SMILES string of the molecule is CC(C)N(C)Cc1cnc2n1CCN(C(=O)N(C)C)C2C. The molecule has 0 N–H and O–H groups in total. The van der Waals surface area contributed by atoms with Gasteiger partial charge in [0, 0.05) is 46.0 Å². The van der Waals surface area contributed by atoms with Crippen molar-refractivity contribution in [2.24, 2.45) is 0 Å². The maximum absolute atomic E-state index is 12.2. The Bertz CT molecular complexity index is 508. The number of rotatable bonds is 3. The lowest BCUT2D eigenvalue weighted by molar-refractivity contribution is 0.135. The van der Waals surface area contributed by atoms with Gasteiger partial charge in [-0.15, -0.1) is 0 Å². The van der Waals surface area contributed by atoms with Gasteiger partial charge in [0.25, 0.3) is 0 Å². The maximum Gasteiger partial charge on any atom is 0.320 e. The summed E-state index contributed by atoms with van der Waals surface area (Å²) in [6.07, 6.45) is 1.95. The van der Waals surface area contributed by atoms with E-state index in [0.29, 0.717) is 6.04 Å². The van der Waals surface area contributed by atoms with Crippen LogP contribution in [-0.4, -0.2) is 64.0 Å². The molecule has 2 amide bonds. The molecule has 1 unspecified atom stereocenters. The summed E-state index contributed by atoms with van der Waals surface area (Å²) in [6, 6.07) is 0.577. The van der Waals surface area contributed by atoms with Crippen LogP contribution in [0, 0.1) is 0 Å². The van der Waals surface area contributed by atoms with Crippen LogP contribution in [0.3, 0.4) is 0 Å². The molecule has 0 spiro atoms. The number of hydrogen-bond donors (Lipinski definition) is 0. The molecule has 1 aromatic rings. The number of amides is 2. The van der Waals surface area contributed by atoms with Crippen LogP contribution in [0.4, 0.5) is 4.79 Å². The van der Waals surface area contributed by atoms with Crippen molar-refractivity contribution in [3.8, 4) is 0 Å². The predicted octanol–water partition coefficient (Wildman–Crippen LogP) is 1.78. The molecule has 1 aliphatic heterocycles. The number of urea groups is 1. The van der Waals surface area contributed by atoms with E-state index in [-0.39, 0.29) is 12.1 Å². The van der Waals surface area contributed by atoms with Gasteiger partial charge in [-0.05, 0) is 27.8 Å². The van der Waals surface area contributed by atoms with Crippen LogP contribution < -0.4 is 0 Å². The van der Waals surface area contributed by atoms with Crippen molar-refractivity contribution < 1.29 is 4.79 Å². The second-order valence-electron chi connectivity index (χ2n) is 6.31. The number of nitrogens with zero attached hydrogens (tertiary/aromatic N) is 5. The minimum absolute atomic E-state index is 0.0201. The van der Waals surface area contributed by atoms with Crippen LogP contribution in [-0.2, 0) is 13.1 Å². The largest absolute Gasteiger partial charge is 0.331 e. The van der Waals surface area contributed by atoms with E-state index in [2.05, 4.69) is 42.3 Å². The number of imidazole rings is 1. The standard InChI is InChI=1S/C15H27N5O/c1-11(2)18(6)10-13-9-16-14-12(3)19(7-8-20(13)14)15(21)17(4)5/h9,11-12H,7-8,10H2,1-6H3. The van der Waals surface area contributed by atoms with Gasteiger partial charge in [0.2, 0.25) is 0 Å². The zero-order valence-corrected chi connectivity index (χ0v) is 14.0. The minimum Gasteiger partial charge on any atom is -0.331 e. The Labute approximate surface area is 127 Å². The van der Waals surface area contributed by atoms with Gasteiger partial charge in [0.15, 0.2) is 0 Å². The molecule has 0 bridgehead atoms. The molecule has 1 aliphatic rings. The van der Waals surface area contributed by atoms with Crippen LogP contribution >= 0.6 is 0 Å². The monoisotopic (exact) mass is 293 g/mol. The highest BCUT2D eigenvalue weighted by Gasteiger charge is 2.31. The Balaban J connectivity index is 2.19. The third-order valence-corrected chi connectivity index (χ3v) is 4.30. The van der Waals surface area contributed by atoms with Gasteiger partial charge in [-0.3, -0.25) is 4.90 Å². The van der Waals surface area contributed by atoms with Crippen LogP contribution in [0.2, 0.25) is 0 Å². The lowest BCUT2D eigenvalue weighted by Crippen LogP contribution is -2.46. The normalized spacial score (nSPS) is 18.3. The fourth-order valence-corrected chi connectivity index (χ4v) is 2.64. The first kappa shape index (κ1) is 15.8. The van der Waals surface area contributed by atoms with Crippen molar-refractivity contribution >= 4 is 6.03 Å². The first-order valence-electron chi connectivity index (χ1n) is 7.55. The van der Waals surface area contributed by atoms with E-state index in [0.717, 1.165) is 25.5 Å². The van der Waals surface area contributed by atoms with E-state index in [1.54, 1.807) is 19.0 Å². The van der Waals surface area contributed by atoms with Crippen LogP contribution in [0.5, 0.6) is 0 Å². The summed E-state index contributed by atoms with van der Waals surface area (Å²) in [4.78, 5) is 22.6. The Hall–Kier alpha value is -1.56. The molecule has 0 fully saturated rings. The highest BCUT2D eigenvalue weighted by Crippen LogP contribution is 2.26. The van der Waals surface area contributed by atoms with Gasteiger partial charge in [-0.1, -0.05) is 0 Å². The first-order chi connectivity index (χ1) is 9.82. The fraction of sp³-hybridized carbons (Fsp3) is 0.733. The fourth-order valence-electron chi connectivity index (χ4n) is 2.64. The third kappa shape index (κ3) is 3.05. The summed E-state index contributed by atoms with van der Waals surface area (Å²) in [5, 5.41) is 0. The average molecular weight is 293 g/mol. The number of aromatic nitrogens is 2. The van der Waals surface area contributed by atoms with Crippen molar-refractivity contribution in [2.45, 2.75) is 45.9 Å². The lowest BCUT2D eigenvalue weighted by atomic mass is 10.2. The molecule has 0 saturated heterocycles. The molecule has 21 heavy (non-hydrogen) atoms. The summed E-state index contributed by atoms with van der Waals surface area (Å²) in [5.41, 5.74) is 1.23. The Morgan fingerprint density at radius 1 is 1.38 bits per heavy atom. The van der Waals surface area contributed by atoms with E-state index in [1.165, 1.54) is 5.69 Å². The van der Waals surface area contributed by atoms with E-state index < -0.39 is 0 Å². The first-order valence-corrected chi connectivity index (χ1v) is 7.55. The molecular weight excluding hydrogens is 266 g/mol. The second kappa shape index (κ2) is 6.05. The quantitative estimate of drug-likeness (QED) is 0.853. The molecule has 1 atom stereocenters. The summed E-state index contributed by atoms with van der Waals surface area (Å²) in [6.45, 7) is 8.87. The molecule has 6 nitrogen and oxygen atoms in total. The lowest BCUT2D eigenvalue weighted by Gasteiger charge is -2.36. The van der Waals surface area contributed by atoms with Crippen molar-refractivity contribution in [3.63, 3.8) is 0 Å². The Morgan fingerprint density at radius 2 is 2.05 bits per heavy atom. The smallest absolute Gasteiger partial charge is 0.320 e. The van der Waals surface area contributed by atoms with Gasteiger partial charge in [-0.2, -0.15) is 0 Å². The minimum atomic E-state index is 0.0201. The molecule has 0 radical (unpaired) electrons. The second-order valence-corrected chi connectivity index (χ2v) is 6.31. The molecule has 1 aromatic heterocycles. The molecule has 0 aliphatic carbocycles. The Kier molecular flexibility index (Phi) is 4.56. The average Bonchev–Trinajstić information content (AvgIpc) is 2.82. The summed E-state index contributed by atoms with van der Waals surface area (Å²) in [7, 11) is 5.71. The summed E-state index contributed by atoms with van der Waals surface area (Å²) in [5.74, 6) is 0.989. The molecule has 6 heteroatoms.